The van der Waals surface area contributed by atoms with Gasteiger partial charge < -0.3 is 19.7 Å². The molecule has 3 aromatic heterocycles. The third-order valence-corrected chi connectivity index (χ3v) is 5.09. The van der Waals surface area contributed by atoms with Crippen LogP contribution in [0.1, 0.15) is 12.5 Å². The minimum atomic E-state index is -0.0265. The SMILES string of the molecule is COC(C)COc1cc(-c2ccc(N3CCNCC3)nc2)c2c(C#N)cnn2c1.Cl.Cl. The Morgan fingerprint density at radius 3 is 2.65 bits per heavy atom. The van der Waals surface area contributed by atoms with Gasteiger partial charge in [0.2, 0.25) is 0 Å². The van der Waals surface area contributed by atoms with E-state index in [0.29, 0.717) is 17.9 Å². The van der Waals surface area contributed by atoms with Crippen LogP contribution >= 0.6 is 24.8 Å². The molecule has 31 heavy (non-hydrogen) atoms. The van der Waals surface area contributed by atoms with Crippen LogP contribution in [0, 0.1) is 11.3 Å². The number of rotatable bonds is 6. The molecule has 0 aliphatic carbocycles. The summed E-state index contributed by atoms with van der Waals surface area (Å²) in [4.78, 5) is 6.93. The molecule has 1 atom stereocenters. The predicted molar refractivity (Wildman–Crippen MR) is 125 cm³/mol. The van der Waals surface area contributed by atoms with Gasteiger partial charge in [0, 0.05) is 50.6 Å². The first kappa shape index (κ1) is 24.7. The number of nitrogens with zero attached hydrogens (tertiary/aromatic N) is 5. The summed E-state index contributed by atoms with van der Waals surface area (Å²) in [7, 11) is 1.65. The lowest BCUT2D eigenvalue weighted by Gasteiger charge is -2.28. The van der Waals surface area contributed by atoms with Gasteiger partial charge in [0.1, 0.15) is 24.2 Å². The van der Waals surface area contributed by atoms with Crippen molar-refractivity contribution in [1.29, 1.82) is 5.26 Å². The number of hydrogen-bond acceptors (Lipinski definition) is 7. The number of fused-ring (bicyclic) bond motifs is 1. The van der Waals surface area contributed by atoms with E-state index in [4.69, 9.17) is 9.47 Å². The molecule has 1 unspecified atom stereocenters. The van der Waals surface area contributed by atoms with Crippen molar-refractivity contribution in [3.05, 3.63) is 42.4 Å². The van der Waals surface area contributed by atoms with Crippen molar-refractivity contribution in [1.82, 2.24) is 19.9 Å². The molecule has 1 aliphatic rings. The lowest BCUT2D eigenvalue weighted by molar-refractivity contribution is 0.0715. The van der Waals surface area contributed by atoms with E-state index in [0.717, 1.165) is 48.6 Å². The first-order valence-electron chi connectivity index (χ1n) is 9.68. The summed E-state index contributed by atoms with van der Waals surface area (Å²) in [5.41, 5.74) is 3.04. The number of piperazine rings is 1. The number of methoxy groups -OCH3 is 1. The normalized spacial score (nSPS) is 14.3. The van der Waals surface area contributed by atoms with Gasteiger partial charge in [-0.25, -0.2) is 9.50 Å². The molecular formula is C21H26Cl2N6O2. The van der Waals surface area contributed by atoms with Crippen molar-refractivity contribution >= 4 is 36.1 Å². The van der Waals surface area contributed by atoms with Crippen LogP contribution in [0.2, 0.25) is 0 Å². The summed E-state index contributed by atoms with van der Waals surface area (Å²) >= 11 is 0. The molecule has 0 bridgehead atoms. The van der Waals surface area contributed by atoms with Crippen molar-refractivity contribution in [2.45, 2.75) is 13.0 Å². The average molecular weight is 465 g/mol. The van der Waals surface area contributed by atoms with Crippen LogP contribution in [0.25, 0.3) is 16.6 Å². The van der Waals surface area contributed by atoms with E-state index in [9.17, 15) is 5.26 Å². The number of anilines is 1. The largest absolute Gasteiger partial charge is 0.489 e. The second kappa shape index (κ2) is 11.2. The van der Waals surface area contributed by atoms with Crippen molar-refractivity contribution in [3.8, 4) is 22.9 Å². The average Bonchev–Trinajstić information content (AvgIpc) is 3.20. The molecule has 166 valence electrons. The van der Waals surface area contributed by atoms with Crippen molar-refractivity contribution in [2.24, 2.45) is 0 Å². The van der Waals surface area contributed by atoms with Crippen LogP contribution in [0.3, 0.4) is 0 Å². The summed E-state index contributed by atoms with van der Waals surface area (Å²) in [6.45, 7) is 6.18. The third kappa shape index (κ3) is 5.38. The highest BCUT2D eigenvalue weighted by Crippen LogP contribution is 2.31. The van der Waals surface area contributed by atoms with Crippen LogP contribution in [0.5, 0.6) is 5.75 Å². The van der Waals surface area contributed by atoms with E-state index in [-0.39, 0.29) is 30.9 Å². The minimum absolute atomic E-state index is 0. The Balaban J connectivity index is 0.00000171. The van der Waals surface area contributed by atoms with E-state index in [1.807, 2.05) is 31.3 Å². The smallest absolute Gasteiger partial charge is 0.138 e. The number of halogens is 2. The Morgan fingerprint density at radius 2 is 2.00 bits per heavy atom. The third-order valence-electron chi connectivity index (χ3n) is 5.09. The zero-order chi connectivity index (χ0) is 20.2. The summed E-state index contributed by atoms with van der Waals surface area (Å²) in [6.07, 6.45) is 5.18. The maximum absolute atomic E-state index is 9.51. The zero-order valence-electron chi connectivity index (χ0n) is 17.4. The van der Waals surface area contributed by atoms with Crippen LogP contribution < -0.4 is 15.0 Å². The van der Waals surface area contributed by atoms with Gasteiger partial charge in [0.25, 0.3) is 0 Å². The fourth-order valence-corrected chi connectivity index (χ4v) is 3.39. The molecule has 0 saturated carbocycles. The Kier molecular flexibility index (Phi) is 8.89. The van der Waals surface area contributed by atoms with E-state index < -0.39 is 0 Å². The summed E-state index contributed by atoms with van der Waals surface area (Å²) in [5.74, 6) is 1.62. The predicted octanol–water partition coefficient (Wildman–Crippen LogP) is 2.93. The van der Waals surface area contributed by atoms with E-state index in [2.05, 4.69) is 26.4 Å². The molecule has 0 radical (unpaired) electrons. The Bertz CT molecular complexity index is 1030. The number of nitrogens with one attached hydrogen (secondary N) is 1. The van der Waals surface area contributed by atoms with Crippen LogP contribution in [-0.4, -0.2) is 60.6 Å². The molecule has 8 nitrogen and oxygen atoms in total. The number of aromatic nitrogens is 3. The number of nitriles is 1. The Hall–Kier alpha value is -2.57. The minimum Gasteiger partial charge on any atom is -0.489 e. The standard InChI is InChI=1S/C21H24N6O2.2ClH/c1-15(28-2)14-29-18-9-19(21-17(10-22)12-25-27(21)13-18)16-3-4-20(24-11-16)26-7-5-23-6-8-26;;/h3-4,9,11-13,15,23H,5-8,14H2,1-2H3;2*1H. The second-order valence-electron chi connectivity index (χ2n) is 7.05. The molecule has 0 amide bonds. The van der Waals surface area contributed by atoms with Crippen LogP contribution in [-0.2, 0) is 4.74 Å². The van der Waals surface area contributed by atoms with Gasteiger partial charge in [-0.3, -0.25) is 0 Å². The highest BCUT2D eigenvalue weighted by molar-refractivity contribution is 5.86. The molecule has 0 spiro atoms. The topological polar surface area (TPSA) is 87.7 Å². The second-order valence-corrected chi connectivity index (χ2v) is 7.05. The number of hydrogen-bond donors (Lipinski definition) is 1. The van der Waals surface area contributed by atoms with Crippen LogP contribution in [0.4, 0.5) is 5.82 Å². The van der Waals surface area contributed by atoms with E-state index in [1.165, 1.54) is 0 Å². The molecular weight excluding hydrogens is 439 g/mol. The van der Waals surface area contributed by atoms with Gasteiger partial charge in [-0.05, 0) is 25.1 Å². The van der Waals surface area contributed by atoms with Gasteiger partial charge in [-0.15, -0.1) is 24.8 Å². The molecule has 0 aromatic carbocycles. The maximum Gasteiger partial charge on any atom is 0.138 e. The van der Waals surface area contributed by atoms with Gasteiger partial charge in [-0.2, -0.15) is 10.4 Å². The quantitative estimate of drug-likeness (QED) is 0.599. The molecule has 1 N–H and O–H groups in total. The maximum atomic E-state index is 9.51. The molecule has 1 aliphatic heterocycles. The number of pyridine rings is 2. The van der Waals surface area contributed by atoms with Gasteiger partial charge in [0.05, 0.1) is 29.6 Å². The molecule has 10 heteroatoms. The molecule has 4 rings (SSSR count). The molecule has 3 aromatic rings. The Labute approximate surface area is 194 Å². The zero-order valence-corrected chi connectivity index (χ0v) is 19.1. The lowest BCUT2D eigenvalue weighted by Crippen LogP contribution is -2.43. The highest BCUT2D eigenvalue weighted by Gasteiger charge is 2.16. The first-order valence-corrected chi connectivity index (χ1v) is 9.68. The molecule has 1 saturated heterocycles. The van der Waals surface area contributed by atoms with E-state index >= 15 is 0 Å². The number of ether oxygens (including phenoxy) is 2. The fourth-order valence-electron chi connectivity index (χ4n) is 3.39. The highest BCUT2D eigenvalue weighted by atomic mass is 35.5. The molecule has 1 fully saturated rings. The Morgan fingerprint density at radius 1 is 1.23 bits per heavy atom. The van der Waals surface area contributed by atoms with E-state index in [1.54, 1.807) is 24.0 Å². The van der Waals surface area contributed by atoms with Gasteiger partial charge >= 0.3 is 0 Å². The van der Waals surface area contributed by atoms with Gasteiger partial charge in [0.15, 0.2) is 0 Å². The summed E-state index contributed by atoms with van der Waals surface area (Å²) < 4.78 is 12.8. The first-order chi connectivity index (χ1) is 14.2. The fraction of sp³-hybridized carbons (Fsp3) is 0.381. The summed E-state index contributed by atoms with van der Waals surface area (Å²) in [5, 5.41) is 17.2. The van der Waals surface area contributed by atoms with Crippen molar-refractivity contribution < 1.29 is 9.47 Å². The molecule has 4 heterocycles. The van der Waals surface area contributed by atoms with Crippen LogP contribution in [0.15, 0.2) is 36.8 Å². The lowest BCUT2D eigenvalue weighted by atomic mass is 10.1. The van der Waals surface area contributed by atoms with Crippen molar-refractivity contribution in [3.63, 3.8) is 0 Å². The van der Waals surface area contributed by atoms with Crippen molar-refractivity contribution in [2.75, 3.05) is 44.8 Å². The van der Waals surface area contributed by atoms with Gasteiger partial charge in [-0.1, -0.05) is 0 Å². The summed E-state index contributed by atoms with van der Waals surface area (Å²) in [6, 6.07) is 8.22. The monoisotopic (exact) mass is 464 g/mol.